The predicted octanol–water partition coefficient (Wildman–Crippen LogP) is 3.52. The molecule has 0 aliphatic carbocycles. The summed E-state index contributed by atoms with van der Waals surface area (Å²) in [6.07, 6.45) is 2.38. The molecule has 1 heterocycles. The van der Waals surface area contributed by atoms with E-state index in [9.17, 15) is 0 Å². The van der Waals surface area contributed by atoms with E-state index in [2.05, 4.69) is 55.5 Å². The van der Waals surface area contributed by atoms with Crippen molar-refractivity contribution in [3.05, 3.63) is 22.4 Å². The number of thiophene rings is 1. The molecule has 1 N–H and O–H groups in total. The lowest BCUT2D eigenvalue weighted by Gasteiger charge is -2.25. The molecule has 1 rings (SSSR count). The highest BCUT2D eigenvalue weighted by Gasteiger charge is 2.10. The van der Waals surface area contributed by atoms with Crippen LogP contribution in [0, 0.1) is 0 Å². The Bertz CT molecular complexity index is 284. The van der Waals surface area contributed by atoms with Gasteiger partial charge in [0, 0.05) is 30.1 Å². The first-order chi connectivity index (χ1) is 8.19. The largest absolute Gasteiger partial charge is 0.308 e. The summed E-state index contributed by atoms with van der Waals surface area (Å²) in [7, 11) is 2.21. The predicted molar refractivity (Wildman–Crippen MR) is 77.7 cm³/mol. The van der Waals surface area contributed by atoms with Crippen molar-refractivity contribution in [1.82, 2.24) is 10.2 Å². The zero-order valence-corrected chi connectivity index (χ0v) is 12.4. The molecule has 1 aromatic heterocycles. The molecule has 0 radical (unpaired) electrons. The van der Waals surface area contributed by atoms with Gasteiger partial charge in [-0.25, -0.2) is 0 Å². The highest BCUT2D eigenvalue weighted by molar-refractivity contribution is 7.10. The van der Waals surface area contributed by atoms with Crippen molar-refractivity contribution >= 4 is 11.3 Å². The second-order valence-electron chi connectivity index (χ2n) is 4.67. The fourth-order valence-corrected chi connectivity index (χ4v) is 2.77. The van der Waals surface area contributed by atoms with E-state index in [-0.39, 0.29) is 0 Å². The standard InChI is InChI=1S/C14H26N2S/c1-5-12(3)16(4)10-9-15-13(6-2)14-8-7-11-17-14/h7-8,11-13,15H,5-6,9-10H2,1-4H3. The molecule has 2 nitrogen and oxygen atoms in total. The third-order valence-electron chi connectivity index (χ3n) is 3.49. The highest BCUT2D eigenvalue weighted by Crippen LogP contribution is 2.21. The molecule has 0 fully saturated rings. The van der Waals surface area contributed by atoms with Crippen LogP contribution in [0.15, 0.2) is 17.5 Å². The normalized spacial score (nSPS) is 15.1. The molecule has 0 spiro atoms. The van der Waals surface area contributed by atoms with Crippen LogP contribution in [0.2, 0.25) is 0 Å². The van der Waals surface area contributed by atoms with Gasteiger partial charge in [0.1, 0.15) is 0 Å². The summed E-state index contributed by atoms with van der Waals surface area (Å²) < 4.78 is 0. The lowest BCUT2D eigenvalue weighted by Crippen LogP contribution is -2.36. The van der Waals surface area contributed by atoms with E-state index in [1.165, 1.54) is 11.3 Å². The van der Waals surface area contributed by atoms with Gasteiger partial charge in [0.25, 0.3) is 0 Å². The molecular weight excluding hydrogens is 228 g/mol. The highest BCUT2D eigenvalue weighted by atomic mass is 32.1. The second-order valence-corrected chi connectivity index (χ2v) is 5.65. The summed E-state index contributed by atoms with van der Waals surface area (Å²) in [5, 5.41) is 5.81. The molecular formula is C14H26N2S. The van der Waals surface area contributed by atoms with Crippen molar-refractivity contribution < 1.29 is 0 Å². The van der Waals surface area contributed by atoms with Gasteiger partial charge in [-0.05, 0) is 38.3 Å². The molecule has 1 aromatic rings. The Labute approximate surface area is 110 Å². The zero-order valence-electron chi connectivity index (χ0n) is 11.6. The van der Waals surface area contributed by atoms with Crippen LogP contribution >= 0.6 is 11.3 Å². The van der Waals surface area contributed by atoms with Gasteiger partial charge in [0.15, 0.2) is 0 Å². The molecule has 0 aromatic carbocycles. The lowest BCUT2D eigenvalue weighted by molar-refractivity contribution is 0.248. The molecule has 2 unspecified atom stereocenters. The van der Waals surface area contributed by atoms with Crippen LogP contribution in [-0.4, -0.2) is 31.1 Å². The number of rotatable bonds is 8. The third kappa shape index (κ3) is 4.78. The van der Waals surface area contributed by atoms with Crippen LogP contribution in [0.1, 0.15) is 44.5 Å². The third-order valence-corrected chi connectivity index (χ3v) is 4.48. The van der Waals surface area contributed by atoms with Crippen molar-refractivity contribution in [2.75, 3.05) is 20.1 Å². The molecule has 0 bridgehead atoms. The van der Waals surface area contributed by atoms with E-state index in [0.717, 1.165) is 19.5 Å². The topological polar surface area (TPSA) is 15.3 Å². The number of hydrogen-bond donors (Lipinski definition) is 1. The van der Waals surface area contributed by atoms with Crippen LogP contribution in [0.3, 0.4) is 0 Å². The number of hydrogen-bond acceptors (Lipinski definition) is 3. The minimum Gasteiger partial charge on any atom is -0.308 e. The Morgan fingerprint density at radius 2 is 2.12 bits per heavy atom. The molecule has 0 amide bonds. The quantitative estimate of drug-likeness (QED) is 0.763. The fourth-order valence-electron chi connectivity index (χ4n) is 1.88. The van der Waals surface area contributed by atoms with Gasteiger partial charge in [0.2, 0.25) is 0 Å². The van der Waals surface area contributed by atoms with E-state index in [1.807, 2.05) is 11.3 Å². The van der Waals surface area contributed by atoms with Gasteiger partial charge in [0.05, 0.1) is 0 Å². The smallest absolute Gasteiger partial charge is 0.0412 e. The molecule has 3 heteroatoms. The van der Waals surface area contributed by atoms with Gasteiger partial charge in [-0.1, -0.05) is 19.9 Å². The molecule has 0 aliphatic rings. The lowest BCUT2D eigenvalue weighted by atomic mass is 10.2. The van der Waals surface area contributed by atoms with Crippen LogP contribution in [0.25, 0.3) is 0 Å². The summed E-state index contributed by atoms with van der Waals surface area (Å²) >= 11 is 1.85. The van der Waals surface area contributed by atoms with Crippen LogP contribution < -0.4 is 5.32 Å². The van der Waals surface area contributed by atoms with E-state index in [4.69, 9.17) is 0 Å². The average Bonchev–Trinajstić information content (AvgIpc) is 2.87. The summed E-state index contributed by atoms with van der Waals surface area (Å²) in [5.41, 5.74) is 0. The van der Waals surface area contributed by atoms with Crippen molar-refractivity contribution in [2.45, 2.75) is 45.7 Å². The Morgan fingerprint density at radius 1 is 1.35 bits per heavy atom. The molecule has 2 atom stereocenters. The zero-order chi connectivity index (χ0) is 12.7. The molecule has 0 saturated heterocycles. The van der Waals surface area contributed by atoms with Gasteiger partial charge < -0.3 is 10.2 Å². The van der Waals surface area contributed by atoms with E-state index >= 15 is 0 Å². The fraction of sp³-hybridized carbons (Fsp3) is 0.714. The number of likely N-dealkylation sites (N-methyl/N-ethyl adjacent to an activating group) is 1. The molecule has 98 valence electrons. The van der Waals surface area contributed by atoms with E-state index in [1.54, 1.807) is 0 Å². The van der Waals surface area contributed by atoms with Crippen LogP contribution in [0.4, 0.5) is 0 Å². The van der Waals surface area contributed by atoms with Gasteiger partial charge in [-0.3, -0.25) is 0 Å². The Morgan fingerprint density at radius 3 is 2.65 bits per heavy atom. The maximum absolute atomic E-state index is 3.65. The average molecular weight is 254 g/mol. The van der Waals surface area contributed by atoms with E-state index < -0.39 is 0 Å². The summed E-state index contributed by atoms with van der Waals surface area (Å²) in [5.74, 6) is 0. The first kappa shape index (κ1) is 14.7. The van der Waals surface area contributed by atoms with Crippen LogP contribution in [0.5, 0.6) is 0 Å². The summed E-state index contributed by atoms with van der Waals surface area (Å²) in [6.45, 7) is 8.97. The van der Waals surface area contributed by atoms with Crippen molar-refractivity contribution in [2.24, 2.45) is 0 Å². The van der Waals surface area contributed by atoms with Crippen LogP contribution in [-0.2, 0) is 0 Å². The Balaban J connectivity index is 2.29. The van der Waals surface area contributed by atoms with Crippen molar-refractivity contribution in [3.8, 4) is 0 Å². The Kier molecular flexibility index (Phi) is 6.78. The first-order valence-corrected chi connectivity index (χ1v) is 7.54. The van der Waals surface area contributed by atoms with Gasteiger partial charge >= 0.3 is 0 Å². The number of nitrogens with one attached hydrogen (secondary N) is 1. The van der Waals surface area contributed by atoms with Gasteiger partial charge in [-0.15, -0.1) is 11.3 Å². The summed E-state index contributed by atoms with van der Waals surface area (Å²) in [6, 6.07) is 5.57. The minimum absolute atomic E-state index is 0.528. The van der Waals surface area contributed by atoms with E-state index in [0.29, 0.717) is 12.1 Å². The van der Waals surface area contributed by atoms with Gasteiger partial charge in [-0.2, -0.15) is 0 Å². The maximum Gasteiger partial charge on any atom is 0.0412 e. The monoisotopic (exact) mass is 254 g/mol. The SMILES string of the molecule is CCC(NCCN(C)C(C)CC)c1cccs1. The summed E-state index contributed by atoms with van der Waals surface area (Å²) in [4.78, 5) is 3.88. The molecule has 0 saturated carbocycles. The number of nitrogens with zero attached hydrogens (tertiary/aromatic N) is 1. The maximum atomic E-state index is 3.65. The first-order valence-electron chi connectivity index (χ1n) is 6.66. The second kappa shape index (κ2) is 7.85. The molecule has 17 heavy (non-hydrogen) atoms. The molecule has 0 aliphatic heterocycles. The minimum atomic E-state index is 0.528. The van der Waals surface area contributed by atoms with Crippen molar-refractivity contribution in [3.63, 3.8) is 0 Å². The van der Waals surface area contributed by atoms with Crippen molar-refractivity contribution in [1.29, 1.82) is 0 Å². The Hall–Kier alpha value is -0.380.